The van der Waals surface area contributed by atoms with Crippen molar-refractivity contribution in [3.8, 4) is 0 Å². The molecule has 64 heavy (non-hydrogen) atoms. The predicted octanol–water partition coefficient (Wildman–Crippen LogP) is 13.8. The molecule has 0 aliphatic heterocycles. The van der Waals surface area contributed by atoms with Crippen molar-refractivity contribution < 1.29 is 18.0 Å². The topological polar surface area (TPSA) is 87.6 Å². The lowest BCUT2D eigenvalue weighted by molar-refractivity contribution is -0.00436. The number of rotatable bonds is 7. The van der Waals surface area contributed by atoms with Crippen LogP contribution in [-0.4, -0.2) is 31.0 Å². The molecule has 2 saturated carbocycles. The fourth-order valence-electron chi connectivity index (χ4n) is 11.4. The molecule has 0 heterocycles. The summed E-state index contributed by atoms with van der Waals surface area (Å²) in [5.41, 5.74) is 27.0. The van der Waals surface area contributed by atoms with Crippen molar-refractivity contribution in [3.05, 3.63) is 180 Å². The number of aryl methyl sites for hydroxylation is 8. The summed E-state index contributed by atoms with van der Waals surface area (Å²) in [6, 6.07) is 33.7. The number of fused-ring (bicyclic) bond motifs is 1. The van der Waals surface area contributed by atoms with Crippen molar-refractivity contribution in [2.24, 2.45) is 17.3 Å². The quantitative estimate of drug-likeness (QED) is 0.121. The average molecular weight is 873 g/mol. The van der Waals surface area contributed by atoms with Crippen LogP contribution in [0.1, 0.15) is 148 Å². The highest BCUT2D eigenvalue weighted by Crippen LogP contribution is 2.57. The fraction of sp³-hybridized carbons (Fsp3) is 0.414. The Hall–Kier alpha value is -5.16. The number of hydrogen-bond acceptors (Lipinski definition) is 3. The van der Waals surface area contributed by atoms with E-state index in [1.807, 2.05) is 0 Å². The van der Waals surface area contributed by atoms with Crippen LogP contribution in [0.4, 0.5) is 0 Å². The van der Waals surface area contributed by atoms with Gasteiger partial charge in [-0.1, -0.05) is 98.8 Å². The molecular weight excluding hydrogens is 805 g/mol. The molecule has 334 valence electrons. The normalized spacial score (nSPS) is 17.6. The molecule has 8 rings (SSSR count). The summed E-state index contributed by atoms with van der Waals surface area (Å²) in [6.45, 7) is 23.4. The molecule has 0 atom stereocenters. The van der Waals surface area contributed by atoms with Gasteiger partial charge in [0, 0.05) is 34.3 Å². The third-order valence-corrected chi connectivity index (χ3v) is 17.6. The number of benzene rings is 5. The predicted molar refractivity (Wildman–Crippen MR) is 264 cm³/mol. The van der Waals surface area contributed by atoms with Crippen molar-refractivity contribution in [3.63, 3.8) is 0 Å². The molecule has 0 aromatic heterocycles. The van der Waals surface area contributed by atoms with Gasteiger partial charge < -0.3 is 5.53 Å². The van der Waals surface area contributed by atoms with E-state index in [4.69, 9.17) is 5.53 Å². The fourth-order valence-corrected chi connectivity index (χ4v) is 12.3. The molecule has 3 aliphatic rings. The van der Waals surface area contributed by atoms with Crippen LogP contribution >= 0.6 is 0 Å². The monoisotopic (exact) mass is 872 g/mol. The SMILES string of the molecule is CS(=O)(=O)c1cccc2c1C=CC(=[N+]=[N-])C2=O.Cc1ccc(C2(c3ccc(C)c(C)c3)CCC(C(C)(C)C3CCC(c4ccc(C)c(C)c4)(c4ccc(C)c(C)c4)CC3)CC2)cc1C. The van der Waals surface area contributed by atoms with Crippen LogP contribution in [0, 0.1) is 72.6 Å². The van der Waals surface area contributed by atoms with Crippen molar-refractivity contribution in [2.75, 3.05) is 6.26 Å². The third-order valence-electron chi connectivity index (χ3n) is 16.5. The first-order valence-corrected chi connectivity index (χ1v) is 25.2. The van der Waals surface area contributed by atoms with Crippen LogP contribution in [0.3, 0.4) is 0 Å². The molecule has 0 radical (unpaired) electrons. The Balaban J connectivity index is 0.000000301. The van der Waals surface area contributed by atoms with Crippen molar-refractivity contribution >= 4 is 27.4 Å². The molecule has 0 unspecified atom stereocenters. The van der Waals surface area contributed by atoms with E-state index >= 15 is 0 Å². The van der Waals surface area contributed by atoms with Gasteiger partial charge in [-0.2, -0.15) is 4.79 Å². The summed E-state index contributed by atoms with van der Waals surface area (Å²) >= 11 is 0. The van der Waals surface area contributed by atoms with Gasteiger partial charge in [0.15, 0.2) is 9.84 Å². The lowest BCUT2D eigenvalue weighted by Gasteiger charge is -2.52. The average Bonchev–Trinajstić information content (AvgIpc) is 3.27. The van der Waals surface area contributed by atoms with Gasteiger partial charge in [-0.05, 0) is 203 Å². The van der Waals surface area contributed by atoms with Gasteiger partial charge >= 0.3 is 5.71 Å². The number of carbonyl (C=O) groups is 1. The Kier molecular flexibility index (Phi) is 13.2. The molecule has 2 fully saturated rings. The van der Waals surface area contributed by atoms with E-state index in [0.29, 0.717) is 11.0 Å². The van der Waals surface area contributed by atoms with Crippen LogP contribution in [0.15, 0.2) is 102 Å². The van der Waals surface area contributed by atoms with Crippen molar-refractivity contribution in [1.82, 2.24) is 0 Å². The maximum Gasteiger partial charge on any atom is 0.362 e. The zero-order valence-electron chi connectivity index (χ0n) is 40.2. The van der Waals surface area contributed by atoms with Gasteiger partial charge in [0.25, 0.3) is 5.78 Å². The van der Waals surface area contributed by atoms with Gasteiger partial charge in [0.2, 0.25) is 0 Å². The third kappa shape index (κ3) is 8.81. The first-order valence-electron chi connectivity index (χ1n) is 23.3. The first-order chi connectivity index (χ1) is 30.2. The van der Waals surface area contributed by atoms with Crippen molar-refractivity contribution in [1.29, 1.82) is 0 Å². The van der Waals surface area contributed by atoms with Crippen molar-refractivity contribution in [2.45, 2.75) is 136 Å². The number of carbonyl (C=O) groups excluding carboxylic acids is 1. The minimum Gasteiger partial charge on any atom is -0.361 e. The maximum absolute atomic E-state index is 11.8. The summed E-state index contributed by atoms with van der Waals surface area (Å²) in [7, 11) is -3.40. The molecule has 0 spiro atoms. The van der Waals surface area contributed by atoms with Gasteiger partial charge in [0.1, 0.15) is 0 Å². The molecule has 5 nitrogen and oxygen atoms in total. The minimum absolute atomic E-state index is 0.0941. The Labute approximate surface area is 384 Å². The summed E-state index contributed by atoms with van der Waals surface area (Å²) in [5.74, 6) is 1.03. The molecular formula is C58H68N2O3S. The molecule has 0 saturated heterocycles. The number of Topliss-reactive ketones (excluding diaryl/α,β-unsaturated/α-hetero) is 1. The molecule has 5 aromatic carbocycles. The van der Waals surface area contributed by atoms with Crippen LogP contribution in [0.2, 0.25) is 0 Å². The Morgan fingerprint density at radius 2 is 0.906 bits per heavy atom. The van der Waals surface area contributed by atoms with Crippen LogP contribution in [-0.2, 0) is 20.7 Å². The number of allylic oxidation sites excluding steroid dienone is 1. The summed E-state index contributed by atoms with van der Waals surface area (Å²) in [4.78, 5) is 14.7. The second-order valence-electron chi connectivity index (χ2n) is 20.4. The lowest BCUT2D eigenvalue weighted by atomic mass is 9.53. The molecule has 0 bridgehead atoms. The first kappa shape index (κ1) is 46.8. The van der Waals surface area contributed by atoms with Crippen LogP contribution < -0.4 is 0 Å². The number of hydrogen-bond donors (Lipinski definition) is 0. The second kappa shape index (κ2) is 18.0. The number of ketones is 1. The minimum atomic E-state index is -3.40. The molecule has 5 aromatic rings. The standard InChI is InChI=1S/C47H60.C11H8N2O3S/c1-31-11-15-41(27-35(31)5)46(42-16-12-32(2)36(6)28-42)23-19-39(20-24-46)45(9,10)40-21-25-47(26-22-40,43-17-13-33(3)37(7)29-43)44-18-14-34(4)38(8)30-44;1-17(15,16)10-4-2-3-8-7(10)5-6-9(13-12)11(8)14/h11-18,27-30,39-40H,19-26H2,1-10H3;2-6H,1H3. The van der Waals surface area contributed by atoms with Gasteiger partial charge in [0.05, 0.1) is 4.90 Å². The van der Waals surface area contributed by atoms with E-state index < -0.39 is 15.6 Å². The highest BCUT2D eigenvalue weighted by Gasteiger charge is 2.48. The Morgan fingerprint density at radius 1 is 0.547 bits per heavy atom. The summed E-state index contributed by atoms with van der Waals surface area (Å²) in [5, 5.41) is 0. The van der Waals surface area contributed by atoms with Crippen LogP contribution in [0.5, 0.6) is 0 Å². The van der Waals surface area contributed by atoms with E-state index in [1.54, 1.807) is 0 Å². The highest BCUT2D eigenvalue weighted by molar-refractivity contribution is 7.90. The zero-order chi connectivity index (χ0) is 46.4. The maximum atomic E-state index is 11.8. The molecule has 3 aliphatic carbocycles. The summed E-state index contributed by atoms with van der Waals surface area (Å²) < 4.78 is 23.1. The molecule has 6 heteroatoms. The Morgan fingerprint density at radius 3 is 1.22 bits per heavy atom. The highest BCUT2D eigenvalue weighted by atomic mass is 32.2. The summed E-state index contributed by atoms with van der Waals surface area (Å²) in [6.07, 6.45) is 14.0. The number of nitrogens with zero attached hydrogens (tertiary/aromatic N) is 2. The van der Waals surface area contributed by atoms with E-state index in [1.165, 1.54) is 148 Å². The Bertz CT molecular complexity index is 2570. The second-order valence-corrected chi connectivity index (χ2v) is 22.4. The van der Waals surface area contributed by atoms with Crippen LogP contribution in [0.25, 0.3) is 11.6 Å². The van der Waals surface area contributed by atoms with E-state index in [-0.39, 0.29) is 27.0 Å². The van der Waals surface area contributed by atoms with E-state index in [0.717, 1.165) is 18.1 Å². The van der Waals surface area contributed by atoms with Gasteiger partial charge in [-0.15, -0.1) is 0 Å². The molecule has 0 amide bonds. The largest absolute Gasteiger partial charge is 0.362 e. The van der Waals surface area contributed by atoms with Gasteiger partial charge in [-0.25, -0.2) is 8.42 Å². The smallest absolute Gasteiger partial charge is 0.361 e. The van der Waals surface area contributed by atoms with Gasteiger partial charge in [-0.3, -0.25) is 4.79 Å². The number of sulfone groups is 1. The molecule has 0 N–H and O–H groups in total. The lowest BCUT2D eigenvalue weighted by Crippen LogP contribution is -2.43. The zero-order valence-corrected chi connectivity index (χ0v) is 41.0. The van der Waals surface area contributed by atoms with E-state index in [2.05, 4.69) is 147 Å². The van der Waals surface area contributed by atoms with E-state index in [9.17, 15) is 13.2 Å².